The Bertz CT molecular complexity index is 1150. The van der Waals surface area contributed by atoms with Crippen molar-refractivity contribution in [3.8, 4) is 11.5 Å². The van der Waals surface area contributed by atoms with Gasteiger partial charge in [0.2, 0.25) is 0 Å². The second-order valence-corrected chi connectivity index (χ2v) is 9.27. The molecule has 2 heterocycles. The van der Waals surface area contributed by atoms with E-state index in [0.717, 1.165) is 29.8 Å². The highest BCUT2D eigenvalue weighted by Crippen LogP contribution is 2.41. The summed E-state index contributed by atoms with van der Waals surface area (Å²) >= 11 is 0. The van der Waals surface area contributed by atoms with Crippen LogP contribution in [-0.2, 0) is 16.0 Å². The number of nitrogens with zero attached hydrogens (tertiary/aromatic N) is 2. The second-order valence-electron chi connectivity index (χ2n) is 9.27. The molecule has 2 aromatic carbocycles. The molecule has 0 radical (unpaired) electrons. The Kier molecular flexibility index (Phi) is 7.26. The Morgan fingerprint density at radius 2 is 1.97 bits per heavy atom. The van der Waals surface area contributed by atoms with E-state index in [0.29, 0.717) is 30.9 Å². The monoisotopic (exact) mass is 476 g/mol. The van der Waals surface area contributed by atoms with E-state index in [4.69, 9.17) is 9.47 Å². The highest BCUT2D eigenvalue weighted by atomic mass is 16.5. The lowest BCUT2D eigenvalue weighted by molar-refractivity contribution is -0.139. The molecule has 2 unspecified atom stereocenters. The van der Waals surface area contributed by atoms with Gasteiger partial charge in [0.1, 0.15) is 30.0 Å². The molecule has 0 aromatic heterocycles. The van der Waals surface area contributed by atoms with Gasteiger partial charge in [0, 0.05) is 18.5 Å². The summed E-state index contributed by atoms with van der Waals surface area (Å²) in [4.78, 5) is 29.9. The van der Waals surface area contributed by atoms with Crippen LogP contribution in [0.3, 0.4) is 0 Å². The fourth-order valence-electron chi connectivity index (χ4n) is 4.64. The number of hydrogen-bond acceptors (Lipinski definition) is 6. The Labute approximate surface area is 206 Å². The third-order valence-electron chi connectivity index (χ3n) is 6.28. The first-order chi connectivity index (χ1) is 16.8. The quantitative estimate of drug-likeness (QED) is 0.256. The van der Waals surface area contributed by atoms with E-state index in [1.807, 2.05) is 50.2 Å². The third-order valence-corrected chi connectivity index (χ3v) is 6.28. The molecular weight excluding hydrogens is 444 g/mol. The number of fused-ring (bicyclic) bond motifs is 1. The summed E-state index contributed by atoms with van der Waals surface area (Å²) in [5, 5.41) is 11.3. The van der Waals surface area contributed by atoms with E-state index < -0.39 is 17.7 Å². The summed E-state index contributed by atoms with van der Waals surface area (Å²) in [6, 6.07) is 12.0. The molecule has 1 N–H and O–H groups in total. The number of carbonyl (C=O) groups is 2. The minimum Gasteiger partial charge on any atom is -0.507 e. The number of aliphatic hydroxyl groups excluding tert-OH is 1. The third kappa shape index (κ3) is 5.10. The number of benzene rings is 2. The summed E-state index contributed by atoms with van der Waals surface area (Å²) in [7, 11) is 3.93. The topological polar surface area (TPSA) is 79.3 Å². The zero-order chi connectivity index (χ0) is 25.1. The number of Topliss-reactive ketones (excluding diaryl/α,β-unsaturated/α-hetero) is 1. The van der Waals surface area contributed by atoms with E-state index in [-0.39, 0.29) is 17.4 Å². The second kappa shape index (κ2) is 10.4. The highest BCUT2D eigenvalue weighted by molar-refractivity contribution is 6.46. The molecule has 2 aliphatic heterocycles. The minimum atomic E-state index is -0.686. The lowest BCUT2D eigenvalue weighted by Gasteiger charge is -2.26. The Hall–Kier alpha value is -3.58. The number of aliphatic hydroxyl groups is 1. The van der Waals surface area contributed by atoms with Crippen LogP contribution in [0.15, 0.2) is 60.7 Å². The van der Waals surface area contributed by atoms with E-state index in [1.54, 1.807) is 29.2 Å². The summed E-state index contributed by atoms with van der Waals surface area (Å²) in [5.41, 5.74) is 2.32. The van der Waals surface area contributed by atoms with Gasteiger partial charge in [0.15, 0.2) is 0 Å². The molecule has 0 bridgehead atoms. The molecule has 1 saturated heterocycles. The first-order valence-corrected chi connectivity index (χ1v) is 11.9. The Morgan fingerprint density at radius 3 is 2.66 bits per heavy atom. The molecule has 2 aliphatic rings. The normalized spacial score (nSPS) is 20.7. The fraction of sp³-hybridized carbons (Fsp3) is 0.357. The zero-order valence-corrected chi connectivity index (χ0v) is 20.5. The molecular formula is C28H32N2O5. The molecule has 1 amide bonds. The molecule has 35 heavy (non-hydrogen) atoms. The van der Waals surface area contributed by atoms with Crippen molar-refractivity contribution >= 4 is 17.4 Å². The molecule has 7 heteroatoms. The van der Waals surface area contributed by atoms with Crippen molar-refractivity contribution in [2.24, 2.45) is 0 Å². The first-order valence-electron chi connectivity index (χ1n) is 11.9. The molecule has 7 nitrogen and oxygen atoms in total. The van der Waals surface area contributed by atoms with Crippen LogP contribution < -0.4 is 9.47 Å². The zero-order valence-electron chi connectivity index (χ0n) is 20.5. The largest absolute Gasteiger partial charge is 0.507 e. The average Bonchev–Trinajstić information content (AvgIpc) is 3.33. The summed E-state index contributed by atoms with van der Waals surface area (Å²) in [6.07, 6.45) is 3.15. The maximum atomic E-state index is 13.2. The standard InChI is InChI=1S/C28H32N2O5/c1-5-15-34-22-10-7-19(8-11-22)25-24(27(32)28(33)30(25)14-6-13-29(3)4)26(31)20-9-12-23-21(17-20)16-18(2)35-23/h5,7-12,17-18,25,31H,1,6,13-16H2,2-4H3. The van der Waals surface area contributed by atoms with Crippen molar-refractivity contribution in [3.63, 3.8) is 0 Å². The molecule has 2 aromatic rings. The van der Waals surface area contributed by atoms with Gasteiger partial charge < -0.3 is 24.4 Å². The van der Waals surface area contributed by atoms with Crippen LogP contribution in [0.2, 0.25) is 0 Å². The average molecular weight is 477 g/mol. The fourth-order valence-corrected chi connectivity index (χ4v) is 4.64. The molecule has 4 rings (SSSR count). The van der Waals surface area contributed by atoms with Gasteiger partial charge in [0.05, 0.1) is 11.6 Å². The number of hydrogen-bond donors (Lipinski definition) is 1. The van der Waals surface area contributed by atoms with Gasteiger partial charge in [-0.05, 0) is 75.4 Å². The SMILES string of the molecule is C=CCOc1ccc(C2C(=C(O)c3ccc4c(c3)CC(C)O4)C(=O)C(=O)N2CCCN(C)C)cc1. The summed E-state index contributed by atoms with van der Waals surface area (Å²) in [6.45, 7) is 7.19. The van der Waals surface area contributed by atoms with Gasteiger partial charge in [-0.1, -0.05) is 24.8 Å². The maximum Gasteiger partial charge on any atom is 0.295 e. The molecule has 0 spiro atoms. The lowest BCUT2D eigenvalue weighted by Crippen LogP contribution is -2.32. The van der Waals surface area contributed by atoms with Gasteiger partial charge in [-0.2, -0.15) is 0 Å². The molecule has 184 valence electrons. The van der Waals surface area contributed by atoms with Crippen molar-refractivity contribution in [2.45, 2.75) is 31.9 Å². The van der Waals surface area contributed by atoms with Crippen molar-refractivity contribution < 1.29 is 24.2 Å². The van der Waals surface area contributed by atoms with Gasteiger partial charge in [0.25, 0.3) is 11.7 Å². The van der Waals surface area contributed by atoms with Crippen molar-refractivity contribution in [2.75, 3.05) is 33.8 Å². The van der Waals surface area contributed by atoms with Crippen molar-refractivity contribution in [1.29, 1.82) is 0 Å². The molecule has 0 aliphatic carbocycles. The van der Waals surface area contributed by atoms with Crippen LogP contribution in [-0.4, -0.2) is 66.5 Å². The van der Waals surface area contributed by atoms with E-state index >= 15 is 0 Å². The molecule has 1 fully saturated rings. The van der Waals surface area contributed by atoms with Gasteiger partial charge in [-0.3, -0.25) is 9.59 Å². The minimum absolute atomic E-state index is 0.0616. The predicted octanol–water partition coefficient (Wildman–Crippen LogP) is 3.95. The molecule has 0 saturated carbocycles. The maximum absolute atomic E-state index is 13.2. The number of rotatable bonds is 9. The van der Waals surface area contributed by atoms with E-state index in [9.17, 15) is 14.7 Å². The van der Waals surface area contributed by atoms with Crippen molar-refractivity contribution in [1.82, 2.24) is 9.80 Å². The van der Waals surface area contributed by atoms with Crippen molar-refractivity contribution in [3.05, 3.63) is 77.4 Å². The van der Waals surface area contributed by atoms with Crippen LogP contribution in [0.4, 0.5) is 0 Å². The van der Waals surface area contributed by atoms with Crippen LogP contribution in [0, 0.1) is 0 Å². The number of carbonyl (C=O) groups excluding carboxylic acids is 2. The summed E-state index contributed by atoms with van der Waals surface area (Å²) in [5.74, 6) is 0.00320. The van der Waals surface area contributed by atoms with Gasteiger partial charge in [-0.25, -0.2) is 0 Å². The van der Waals surface area contributed by atoms with E-state index in [1.165, 1.54) is 0 Å². The lowest BCUT2D eigenvalue weighted by atomic mass is 9.94. The molecule has 2 atom stereocenters. The van der Waals surface area contributed by atoms with Gasteiger partial charge >= 0.3 is 0 Å². The first kappa shape index (κ1) is 24.5. The smallest absolute Gasteiger partial charge is 0.295 e. The number of ketones is 1. The highest BCUT2D eigenvalue weighted by Gasteiger charge is 2.45. The Balaban J connectivity index is 1.74. The van der Waals surface area contributed by atoms with Crippen LogP contribution in [0.5, 0.6) is 11.5 Å². The number of amides is 1. The summed E-state index contributed by atoms with van der Waals surface area (Å²) < 4.78 is 11.4. The van der Waals surface area contributed by atoms with Crippen LogP contribution >= 0.6 is 0 Å². The Morgan fingerprint density at radius 1 is 1.23 bits per heavy atom. The predicted molar refractivity (Wildman–Crippen MR) is 135 cm³/mol. The van der Waals surface area contributed by atoms with Crippen LogP contribution in [0.25, 0.3) is 5.76 Å². The van der Waals surface area contributed by atoms with Gasteiger partial charge in [-0.15, -0.1) is 0 Å². The number of ether oxygens (including phenoxy) is 2. The van der Waals surface area contributed by atoms with Crippen LogP contribution in [0.1, 0.15) is 36.1 Å². The number of likely N-dealkylation sites (tertiary alicyclic amines) is 1. The van der Waals surface area contributed by atoms with E-state index in [2.05, 4.69) is 6.58 Å².